The van der Waals surface area contributed by atoms with Crippen molar-refractivity contribution in [3.8, 4) is 0 Å². The summed E-state index contributed by atoms with van der Waals surface area (Å²) in [5.74, 6) is -0.544. The van der Waals surface area contributed by atoms with Crippen LogP contribution in [0, 0.1) is 13.8 Å². The molecule has 128 valence electrons. The largest absolute Gasteiger partial charge is 0.274 e. The summed E-state index contributed by atoms with van der Waals surface area (Å²) in [6.07, 6.45) is 0.00540. The van der Waals surface area contributed by atoms with Crippen LogP contribution in [0.1, 0.15) is 16.7 Å². The summed E-state index contributed by atoms with van der Waals surface area (Å²) >= 11 is 0. The van der Waals surface area contributed by atoms with Gasteiger partial charge in [-0.25, -0.2) is 13.1 Å². The van der Waals surface area contributed by atoms with Crippen molar-refractivity contribution in [3.63, 3.8) is 0 Å². The number of amides is 1. The Labute approximate surface area is 147 Å². The van der Waals surface area contributed by atoms with Gasteiger partial charge in [0.1, 0.15) is 0 Å². The minimum atomic E-state index is -3.89. The van der Waals surface area contributed by atoms with Gasteiger partial charge in [-0.1, -0.05) is 54.6 Å². The average molecular weight is 353 g/mol. The molecular formula is C20H19NO3S. The highest BCUT2D eigenvalue weighted by molar-refractivity contribution is 7.90. The molecule has 25 heavy (non-hydrogen) atoms. The van der Waals surface area contributed by atoms with Crippen molar-refractivity contribution in [1.29, 1.82) is 0 Å². The van der Waals surface area contributed by atoms with E-state index in [0.29, 0.717) is 5.56 Å². The maximum Gasteiger partial charge on any atom is 0.264 e. The molecule has 3 aromatic rings. The molecule has 5 heteroatoms. The molecule has 1 amide bonds. The number of carbonyl (C=O) groups is 1. The second-order valence-electron chi connectivity index (χ2n) is 6.11. The summed E-state index contributed by atoms with van der Waals surface area (Å²) in [7, 11) is -3.89. The molecule has 0 aromatic heterocycles. The van der Waals surface area contributed by atoms with E-state index < -0.39 is 15.9 Å². The first-order valence-electron chi connectivity index (χ1n) is 7.96. The lowest BCUT2D eigenvalue weighted by molar-refractivity contribution is -0.118. The van der Waals surface area contributed by atoms with Crippen LogP contribution in [-0.4, -0.2) is 14.3 Å². The third-order valence-corrected chi connectivity index (χ3v) is 5.63. The van der Waals surface area contributed by atoms with Gasteiger partial charge in [0.25, 0.3) is 10.0 Å². The van der Waals surface area contributed by atoms with Crippen molar-refractivity contribution in [2.45, 2.75) is 25.2 Å². The number of benzene rings is 3. The Morgan fingerprint density at radius 3 is 2.48 bits per heavy atom. The molecule has 0 fully saturated rings. The molecule has 0 saturated heterocycles. The number of fused-ring (bicyclic) bond motifs is 1. The molecule has 0 aliphatic heterocycles. The van der Waals surface area contributed by atoms with E-state index in [0.717, 1.165) is 21.9 Å². The highest BCUT2D eigenvalue weighted by Gasteiger charge is 2.20. The maximum absolute atomic E-state index is 12.5. The quantitative estimate of drug-likeness (QED) is 0.781. The van der Waals surface area contributed by atoms with Gasteiger partial charge in [0.05, 0.1) is 11.3 Å². The van der Waals surface area contributed by atoms with Crippen molar-refractivity contribution < 1.29 is 13.2 Å². The summed E-state index contributed by atoms with van der Waals surface area (Å²) in [5.41, 5.74) is 2.23. The van der Waals surface area contributed by atoms with Crippen molar-refractivity contribution in [1.82, 2.24) is 4.72 Å². The molecule has 1 N–H and O–H groups in total. The van der Waals surface area contributed by atoms with Gasteiger partial charge in [0, 0.05) is 0 Å². The van der Waals surface area contributed by atoms with E-state index in [1.54, 1.807) is 19.1 Å². The van der Waals surface area contributed by atoms with E-state index >= 15 is 0 Å². The van der Waals surface area contributed by atoms with Gasteiger partial charge >= 0.3 is 0 Å². The normalized spacial score (nSPS) is 11.4. The van der Waals surface area contributed by atoms with Crippen LogP contribution in [-0.2, 0) is 21.2 Å². The molecule has 0 spiro atoms. The zero-order valence-electron chi connectivity index (χ0n) is 14.1. The number of hydrogen-bond acceptors (Lipinski definition) is 3. The molecule has 0 bridgehead atoms. The predicted molar refractivity (Wildman–Crippen MR) is 98.9 cm³/mol. The molecule has 0 radical (unpaired) electrons. The van der Waals surface area contributed by atoms with Gasteiger partial charge in [-0.15, -0.1) is 0 Å². The fraction of sp³-hybridized carbons (Fsp3) is 0.150. The van der Waals surface area contributed by atoms with E-state index in [2.05, 4.69) is 4.72 Å². The lowest BCUT2D eigenvalue weighted by Crippen LogP contribution is -2.32. The number of rotatable bonds is 4. The van der Waals surface area contributed by atoms with Gasteiger partial charge in [-0.2, -0.15) is 0 Å². The fourth-order valence-electron chi connectivity index (χ4n) is 2.86. The van der Waals surface area contributed by atoms with Crippen LogP contribution in [0.3, 0.4) is 0 Å². The first-order chi connectivity index (χ1) is 11.9. The van der Waals surface area contributed by atoms with Crippen LogP contribution in [0.4, 0.5) is 0 Å². The van der Waals surface area contributed by atoms with E-state index in [9.17, 15) is 13.2 Å². The van der Waals surface area contributed by atoms with Crippen LogP contribution < -0.4 is 4.72 Å². The number of nitrogens with one attached hydrogen (secondary N) is 1. The van der Waals surface area contributed by atoms with E-state index in [1.807, 2.05) is 55.5 Å². The zero-order valence-corrected chi connectivity index (χ0v) is 14.9. The minimum Gasteiger partial charge on any atom is -0.274 e. The van der Waals surface area contributed by atoms with E-state index in [1.165, 1.54) is 0 Å². The number of hydrogen-bond donors (Lipinski definition) is 1. The lowest BCUT2D eigenvalue weighted by atomic mass is 10.0. The Morgan fingerprint density at radius 2 is 1.68 bits per heavy atom. The van der Waals surface area contributed by atoms with Crippen LogP contribution >= 0.6 is 0 Å². The Hall–Kier alpha value is -2.66. The molecule has 3 rings (SSSR count). The van der Waals surface area contributed by atoms with Gasteiger partial charge in [0.15, 0.2) is 0 Å². The molecular weight excluding hydrogens is 334 g/mol. The maximum atomic E-state index is 12.5. The summed E-state index contributed by atoms with van der Waals surface area (Å²) in [6, 6.07) is 18.5. The Kier molecular flexibility index (Phi) is 4.59. The molecule has 0 unspecified atom stereocenters. The first-order valence-corrected chi connectivity index (χ1v) is 9.45. The Morgan fingerprint density at radius 1 is 0.960 bits per heavy atom. The summed E-state index contributed by atoms with van der Waals surface area (Å²) in [4.78, 5) is 12.5. The third-order valence-electron chi connectivity index (χ3n) is 4.11. The molecule has 0 saturated carbocycles. The van der Waals surface area contributed by atoms with Crippen LogP contribution in [0.25, 0.3) is 10.8 Å². The summed E-state index contributed by atoms with van der Waals surface area (Å²) in [6.45, 7) is 3.53. The number of aryl methyl sites for hydroxylation is 2. The van der Waals surface area contributed by atoms with Gasteiger partial charge in [-0.3, -0.25) is 4.79 Å². The second kappa shape index (κ2) is 6.69. The molecule has 4 nitrogen and oxygen atoms in total. The van der Waals surface area contributed by atoms with E-state index in [-0.39, 0.29) is 11.3 Å². The molecule has 0 aliphatic carbocycles. The van der Waals surface area contributed by atoms with Crippen LogP contribution in [0.5, 0.6) is 0 Å². The highest BCUT2D eigenvalue weighted by atomic mass is 32.2. The fourth-order valence-corrected chi connectivity index (χ4v) is 4.17. The Balaban J connectivity index is 1.85. The van der Waals surface area contributed by atoms with Gasteiger partial charge < -0.3 is 0 Å². The van der Waals surface area contributed by atoms with Crippen LogP contribution in [0.15, 0.2) is 65.6 Å². The molecule has 3 aromatic carbocycles. The monoisotopic (exact) mass is 353 g/mol. The van der Waals surface area contributed by atoms with Gasteiger partial charge in [0.2, 0.25) is 5.91 Å². The SMILES string of the molecule is Cc1ccc(C)c(S(=O)(=O)NC(=O)Cc2cccc3ccccc23)c1. The molecule has 0 heterocycles. The van der Waals surface area contributed by atoms with Crippen molar-refractivity contribution in [2.24, 2.45) is 0 Å². The second-order valence-corrected chi connectivity index (χ2v) is 7.76. The summed E-state index contributed by atoms with van der Waals surface area (Å²) < 4.78 is 27.3. The predicted octanol–water partition coefficient (Wildman–Crippen LogP) is 3.50. The zero-order chi connectivity index (χ0) is 18.0. The first kappa shape index (κ1) is 17.2. The third kappa shape index (κ3) is 3.72. The molecule has 0 aliphatic rings. The van der Waals surface area contributed by atoms with E-state index in [4.69, 9.17) is 0 Å². The highest BCUT2D eigenvalue weighted by Crippen LogP contribution is 2.20. The molecule has 0 atom stereocenters. The number of sulfonamides is 1. The van der Waals surface area contributed by atoms with Crippen molar-refractivity contribution in [2.75, 3.05) is 0 Å². The standard InChI is InChI=1S/C20H19NO3S/c1-14-10-11-15(2)19(12-14)25(23,24)21-20(22)13-17-8-5-7-16-6-3-4-9-18(16)17/h3-12H,13H2,1-2H3,(H,21,22). The number of carbonyl (C=O) groups excluding carboxylic acids is 1. The van der Waals surface area contributed by atoms with Gasteiger partial charge in [-0.05, 0) is 47.4 Å². The summed E-state index contributed by atoms with van der Waals surface area (Å²) in [5, 5.41) is 1.97. The lowest BCUT2D eigenvalue weighted by Gasteiger charge is -2.11. The smallest absolute Gasteiger partial charge is 0.264 e. The van der Waals surface area contributed by atoms with Crippen LogP contribution in [0.2, 0.25) is 0 Å². The minimum absolute atomic E-state index is 0.00540. The average Bonchev–Trinajstić information content (AvgIpc) is 2.57. The van der Waals surface area contributed by atoms with Crippen molar-refractivity contribution in [3.05, 3.63) is 77.4 Å². The Bertz CT molecular complexity index is 1050. The van der Waals surface area contributed by atoms with Crippen molar-refractivity contribution >= 4 is 26.7 Å². The topological polar surface area (TPSA) is 63.2 Å².